The zero-order valence-corrected chi connectivity index (χ0v) is 17.2. The summed E-state index contributed by atoms with van der Waals surface area (Å²) in [5.41, 5.74) is 0.231. The van der Waals surface area contributed by atoms with Gasteiger partial charge in [0, 0.05) is 0 Å². The van der Waals surface area contributed by atoms with Crippen LogP contribution in [0, 0.1) is 22.7 Å². The van der Waals surface area contributed by atoms with Crippen molar-refractivity contribution in [3.05, 3.63) is 35.9 Å². The molecule has 1 unspecified atom stereocenters. The Morgan fingerprint density at radius 2 is 1.81 bits per heavy atom. The second-order valence-corrected chi connectivity index (χ2v) is 10.0. The summed E-state index contributed by atoms with van der Waals surface area (Å²) in [4.78, 5) is 13.4. The molecule has 0 radical (unpaired) electrons. The van der Waals surface area contributed by atoms with Gasteiger partial charge in [-0.3, -0.25) is 4.79 Å². The van der Waals surface area contributed by atoms with Crippen molar-refractivity contribution in [3.8, 4) is 0 Å². The van der Waals surface area contributed by atoms with Crippen LogP contribution in [0.3, 0.4) is 0 Å². The summed E-state index contributed by atoms with van der Waals surface area (Å²) in [6.45, 7) is 13.2. The van der Waals surface area contributed by atoms with Crippen molar-refractivity contribution in [2.24, 2.45) is 22.7 Å². The minimum Gasteiger partial charge on any atom is -0.459 e. The third kappa shape index (κ3) is 3.43. The fraction of sp³-hybridized carbons (Fsp3) is 0.696. The zero-order valence-electron chi connectivity index (χ0n) is 17.2. The van der Waals surface area contributed by atoms with Crippen LogP contribution >= 0.6 is 0 Å². The van der Waals surface area contributed by atoms with Crippen LogP contribution in [0.1, 0.15) is 66.4 Å². The number of esters is 1. The predicted octanol–water partition coefficient (Wildman–Crippen LogP) is 5.38. The van der Waals surface area contributed by atoms with Gasteiger partial charge in [-0.15, -0.1) is 0 Å². The maximum atomic E-state index is 13.4. The van der Waals surface area contributed by atoms with Crippen molar-refractivity contribution in [1.29, 1.82) is 0 Å². The molecule has 1 aromatic rings. The Labute approximate surface area is 158 Å². The minimum atomic E-state index is -0.533. The van der Waals surface area contributed by atoms with E-state index in [1.165, 1.54) is 0 Å². The van der Waals surface area contributed by atoms with E-state index < -0.39 is 11.0 Å². The molecule has 2 aliphatic carbocycles. The van der Waals surface area contributed by atoms with Crippen LogP contribution in [0.5, 0.6) is 0 Å². The van der Waals surface area contributed by atoms with Gasteiger partial charge in [0.25, 0.3) is 0 Å². The Morgan fingerprint density at radius 3 is 2.42 bits per heavy atom. The van der Waals surface area contributed by atoms with E-state index >= 15 is 0 Å². The van der Waals surface area contributed by atoms with Crippen molar-refractivity contribution >= 4 is 5.97 Å². The molecule has 0 N–H and O–H groups in total. The van der Waals surface area contributed by atoms with E-state index in [1.807, 2.05) is 39.0 Å². The summed E-state index contributed by atoms with van der Waals surface area (Å²) in [6.07, 6.45) is 2.97. The van der Waals surface area contributed by atoms with Crippen LogP contribution in [-0.4, -0.2) is 17.7 Å². The average Bonchev–Trinajstić information content (AvgIpc) is 2.71. The topological polar surface area (TPSA) is 35.5 Å². The van der Waals surface area contributed by atoms with Crippen LogP contribution in [0.25, 0.3) is 0 Å². The molecule has 4 atom stereocenters. The summed E-state index contributed by atoms with van der Waals surface area (Å²) < 4.78 is 12.4. The molecule has 0 aliphatic heterocycles. The molecule has 2 bridgehead atoms. The molecule has 0 amide bonds. The molecule has 0 aromatic heterocycles. The lowest BCUT2D eigenvalue weighted by molar-refractivity contribution is -0.188. The van der Waals surface area contributed by atoms with Gasteiger partial charge in [0.1, 0.15) is 5.60 Å². The largest absolute Gasteiger partial charge is 0.459 e. The van der Waals surface area contributed by atoms with Crippen molar-refractivity contribution in [1.82, 2.24) is 0 Å². The van der Waals surface area contributed by atoms with Crippen molar-refractivity contribution in [2.45, 2.75) is 79.1 Å². The Hall–Kier alpha value is -1.35. The second kappa shape index (κ2) is 6.67. The highest BCUT2D eigenvalue weighted by Gasteiger charge is 2.66. The van der Waals surface area contributed by atoms with E-state index in [-0.39, 0.29) is 23.4 Å². The van der Waals surface area contributed by atoms with Crippen LogP contribution in [0.4, 0.5) is 0 Å². The van der Waals surface area contributed by atoms with E-state index in [9.17, 15) is 4.79 Å². The first-order valence-corrected chi connectivity index (χ1v) is 9.95. The quantitative estimate of drug-likeness (QED) is 0.678. The van der Waals surface area contributed by atoms with E-state index in [4.69, 9.17) is 9.47 Å². The lowest BCUT2D eigenvalue weighted by Gasteiger charge is -2.44. The first-order valence-electron chi connectivity index (χ1n) is 9.95. The SMILES string of the molecule is C[C@@H]1CCC2[C@H](OCc3ccccc3)[C@@]1(C(=O)OC(C)(C)C)CC2(C)C. The molecule has 144 valence electrons. The summed E-state index contributed by atoms with van der Waals surface area (Å²) in [5, 5.41) is 0. The van der Waals surface area contributed by atoms with Gasteiger partial charge in [0.05, 0.1) is 18.1 Å². The van der Waals surface area contributed by atoms with Crippen molar-refractivity contribution in [3.63, 3.8) is 0 Å². The smallest absolute Gasteiger partial charge is 0.315 e. The van der Waals surface area contributed by atoms with Gasteiger partial charge >= 0.3 is 5.97 Å². The lowest BCUT2D eigenvalue weighted by atomic mass is 9.66. The van der Waals surface area contributed by atoms with Crippen molar-refractivity contribution in [2.75, 3.05) is 0 Å². The van der Waals surface area contributed by atoms with Gasteiger partial charge in [0.2, 0.25) is 0 Å². The molecule has 0 spiro atoms. The molecule has 3 heteroatoms. The monoisotopic (exact) mass is 358 g/mol. The molecule has 0 heterocycles. The van der Waals surface area contributed by atoms with Gasteiger partial charge in [0.15, 0.2) is 0 Å². The summed E-state index contributed by atoms with van der Waals surface area (Å²) in [5.74, 6) is 0.608. The highest BCUT2D eigenvalue weighted by atomic mass is 16.6. The molecule has 3 nitrogen and oxygen atoms in total. The molecule has 1 aromatic carbocycles. The van der Waals surface area contributed by atoms with E-state index in [2.05, 4.69) is 32.9 Å². The molecule has 2 saturated carbocycles. The summed E-state index contributed by atoms with van der Waals surface area (Å²) in [7, 11) is 0. The zero-order chi connectivity index (χ0) is 19.2. The average molecular weight is 359 g/mol. The third-order valence-corrected chi connectivity index (χ3v) is 6.47. The Bertz CT molecular complexity index is 643. The summed E-state index contributed by atoms with van der Waals surface area (Å²) >= 11 is 0. The Morgan fingerprint density at radius 1 is 1.15 bits per heavy atom. The molecule has 2 aliphatic rings. The Kier molecular flexibility index (Phi) is 4.98. The first-order chi connectivity index (χ1) is 12.1. The molecule has 26 heavy (non-hydrogen) atoms. The van der Waals surface area contributed by atoms with Gasteiger partial charge < -0.3 is 9.47 Å². The first kappa shape index (κ1) is 19.4. The van der Waals surface area contributed by atoms with E-state index in [1.54, 1.807) is 0 Å². The number of ether oxygens (including phenoxy) is 2. The second-order valence-electron chi connectivity index (χ2n) is 10.0. The normalized spacial score (nSPS) is 33.1. The van der Waals surface area contributed by atoms with Gasteiger partial charge in [-0.2, -0.15) is 0 Å². The van der Waals surface area contributed by atoms with Gasteiger partial charge in [-0.1, -0.05) is 51.1 Å². The number of hydrogen-bond donors (Lipinski definition) is 0. The predicted molar refractivity (Wildman–Crippen MR) is 104 cm³/mol. The highest BCUT2D eigenvalue weighted by molar-refractivity contribution is 5.79. The molecular weight excluding hydrogens is 324 g/mol. The minimum absolute atomic E-state index is 0.0640. The van der Waals surface area contributed by atoms with Gasteiger partial charge in [-0.25, -0.2) is 0 Å². The van der Waals surface area contributed by atoms with Crippen LogP contribution in [-0.2, 0) is 20.9 Å². The standard InChI is InChI=1S/C23H34O3/c1-16-12-13-18-19(25-14-17-10-8-7-9-11-17)23(16,15-22(18,5)6)20(24)26-21(2,3)4/h7-11,16,18-19H,12-15H2,1-6H3/t16-,18?,19+,23-/m1/s1. The summed E-state index contributed by atoms with van der Waals surface area (Å²) in [6, 6.07) is 10.2. The fourth-order valence-electron chi connectivity index (χ4n) is 5.23. The van der Waals surface area contributed by atoms with Gasteiger partial charge in [-0.05, 0) is 62.8 Å². The van der Waals surface area contributed by atoms with Crippen LogP contribution in [0.15, 0.2) is 30.3 Å². The maximum Gasteiger partial charge on any atom is 0.315 e. The third-order valence-electron chi connectivity index (χ3n) is 6.47. The van der Waals surface area contributed by atoms with Crippen LogP contribution in [0.2, 0.25) is 0 Å². The maximum absolute atomic E-state index is 13.4. The number of fused-ring (bicyclic) bond motifs is 2. The highest BCUT2D eigenvalue weighted by Crippen LogP contribution is 2.64. The number of rotatable bonds is 4. The van der Waals surface area contributed by atoms with Crippen LogP contribution < -0.4 is 0 Å². The molecule has 0 saturated heterocycles. The molecular formula is C23H34O3. The number of carbonyl (C=O) groups excluding carboxylic acids is 1. The Balaban J connectivity index is 1.92. The lowest BCUT2D eigenvalue weighted by Crippen LogP contribution is -2.52. The number of carbonyl (C=O) groups is 1. The van der Waals surface area contributed by atoms with Crippen molar-refractivity contribution < 1.29 is 14.3 Å². The van der Waals surface area contributed by atoms with E-state index in [0.29, 0.717) is 12.5 Å². The number of hydrogen-bond acceptors (Lipinski definition) is 3. The molecule has 3 rings (SSSR count). The van der Waals surface area contributed by atoms with E-state index in [0.717, 1.165) is 24.8 Å². The fourth-order valence-corrected chi connectivity index (χ4v) is 5.23. The number of benzene rings is 1. The molecule has 2 fully saturated rings.